The predicted octanol–water partition coefficient (Wildman–Crippen LogP) is 12.2. The van der Waals surface area contributed by atoms with Crippen LogP contribution in [0.5, 0.6) is 0 Å². The van der Waals surface area contributed by atoms with E-state index in [1.54, 1.807) is 56.7 Å². The van der Waals surface area contributed by atoms with E-state index in [-0.39, 0.29) is 6.61 Å². The van der Waals surface area contributed by atoms with Crippen LogP contribution in [0.4, 0.5) is 0 Å². The molecule has 6 nitrogen and oxygen atoms in total. The first-order valence-corrected chi connectivity index (χ1v) is 17.6. The van der Waals surface area contributed by atoms with Crippen LogP contribution in [0.3, 0.4) is 0 Å². The molecule has 0 amide bonds. The third-order valence-electron chi connectivity index (χ3n) is 3.47. The molecule has 4 heterocycles. The Morgan fingerprint density at radius 3 is 1.27 bits per heavy atom. The second-order valence-corrected chi connectivity index (χ2v) is 7.70. The average molecular weight is 697 g/mol. The second-order valence-electron chi connectivity index (χ2n) is 6.59. The number of hydrogen-bond acceptors (Lipinski definition) is 6. The number of ether oxygens (including phenoxy) is 1. The molecule has 0 aromatic carbocycles. The molecule has 266 valence electrons. The van der Waals surface area contributed by atoms with Gasteiger partial charge in [0.25, 0.3) is 0 Å². The molecule has 3 aromatic heterocycles. The molecule has 1 saturated heterocycles. The standard InChI is InChI=1S/C8H10ClNO.C7H8ClNO.C5H4ClN.C2H4O.7C2H6/c1-8(2,11)6-4-3-5-10-7(6)9;8-7-6(3-5-10)2-1-4-9-7;6-5-3-1-2-4-7-5;1-2-3-1;7*1-2/h3-5,11H,1-2H3;1-2,4,10H,3,5H2;1-4H;1-2H2;7*1-2H3. The fourth-order valence-corrected chi connectivity index (χ4v) is 2.60. The van der Waals surface area contributed by atoms with Crippen LogP contribution in [0.2, 0.25) is 15.5 Å². The molecule has 0 aliphatic carbocycles. The van der Waals surface area contributed by atoms with Crippen LogP contribution < -0.4 is 0 Å². The van der Waals surface area contributed by atoms with E-state index in [0.717, 1.165) is 18.8 Å². The Labute approximate surface area is 294 Å². The number of aliphatic hydroxyl groups excluding tert-OH is 1. The summed E-state index contributed by atoms with van der Waals surface area (Å²) in [5.41, 5.74) is 0.638. The third kappa shape index (κ3) is 46.7. The van der Waals surface area contributed by atoms with Crippen molar-refractivity contribution in [3.8, 4) is 0 Å². The molecule has 0 radical (unpaired) electrons. The highest BCUT2D eigenvalue weighted by Gasteiger charge is 2.19. The van der Waals surface area contributed by atoms with Gasteiger partial charge in [0, 0.05) is 30.8 Å². The monoisotopic (exact) mass is 695 g/mol. The summed E-state index contributed by atoms with van der Waals surface area (Å²) in [4.78, 5) is 11.4. The zero-order valence-corrected chi connectivity index (χ0v) is 33.6. The lowest BCUT2D eigenvalue weighted by molar-refractivity contribution is 0.0783. The van der Waals surface area contributed by atoms with E-state index in [1.807, 2.05) is 115 Å². The number of hydrogen-bond donors (Lipinski definition) is 2. The van der Waals surface area contributed by atoms with Gasteiger partial charge < -0.3 is 14.9 Å². The van der Waals surface area contributed by atoms with Crippen molar-refractivity contribution in [1.29, 1.82) is 0 Å². The first-order valence-electron chi connectivity index (χ1n) is 16.4. The van der Waals surface area contributed by atoms with E-state index in [2.05, 4.69) is 19.7 Å². The van der Waals surface area contributed by atoms with Crippen molar-refractivity contribution >= 4 is 34.8 Å². The Hall–Kier alpha value is -1.80. The SMILES string of the molecule is C1CO1.CC.CC.CC.CC.CC.CC.CC.CC(C)(O)c1cccnc1Cl.Clc1ccccn1.OCCc1cccnc1Cl. The normalized spacial score (nSPS) is 8.91. The van der Waals surface area contributed by atoms with Crippen molar-refractivity contribution < 1.29 is 14.9 Å². The molecule has 0 atom stereocenters. The minimum atomic E-state index is -0.911. The number of aliphatic hydroxyl groups is 2. The molecule has 9 heteroatoms. The lowest BCUT2D eigenvalue weighted by Crippen LogP contribution is -2.16. The van der Waals surface area contributed by atoms with E-state index in [0.29, 0.717) is 27.4 Å². The largest absolute Gasteiger partial charge is 0.396 e. The molecule has 3 aromatic rings. The average Bonchev–Trinajstić information content (AvgIpc) is 4.00. The molecule has 1 fully saturated rings. The molecule has 2 N–H and O–H groups in total. The van der Waals surface area contributed by atoms with Crippen molar-refractivity contribution in [3.05, 3.63) is 87.6 Å². The van der Waals surface area contributed by atoms with Crippen LogP contribution in [0, 0.1) is 0 Å². The van der Waals surface area contributed by atoms with Crippen molar-refractivity contribution in [2.45, 2.75) is 123 Å². The summed E-state index contributed by atoms with van der Waals surface area (Å²) in [5.74, 6) is 0. The van der Waals surface area contributed by atoms with Gasteiger partial charge in [-0.3, -0.25) is 0 Å². The number of halogens is 3. The van der Waals surface area contributed by atoms with E-state index in [4.69, 9.17) is 39.9 Å². The highest BCUT2D eigenvalue weighted by molar-refractivity contribution is 6.30. The van der Waals surface area contributed by atoms with E-state index in [1.165, 1.54) is 0 Å². The van der Waals surface area contributed by atoms with Gasteiger partial charge in [0.15, 0.2) is 0 Å². The maximum Gasteiger partial charge on any atom is 0.135 e. The first kappa shape index (κ1) is 58.7. The summed E-state index contributed by atoms with van der Waals surface area (Å²) in [7, 11) is 0. The molecule has 1 aliphatic rings. The number of rotatable bonds is 3. The Morgan fingerprint density at radius 1 is 0.622 bits per heavy atom. The van der Waals surface area contributed by atoms with E-state index >= 15 is 0 Å². The summed E-state index contributed by atoms with van der Waals surface area (Å²) >= 11 is 16.8. The van der Waals surface area contributed by atoms with Gasteiger partial charge in [0.1, 0.15) is 15.5 Å². The minimum absolute atomic E-state index is 0.116. The predicted molar refractivity (Wildman–Crippen MR) is 204 cm³/mol. The summed E-state index contributed by atoms with van der Waals surface area (Å²) in [6.07, 6.45) is 5.45. The minimum Gasteiger partial charge on any atom is -0.396 e. The Morgan fingerprint density at radius 2 is 1.02 bits per heavy atom. The number of pyridine rings is 3. The van der Waals surface area contributed by atoms with Crippen molar-refractivity contribution in [1.82, 2.24) is 15.0 Å². The Balaban J connectivity index is -0.0000000781. The van der Waals surface area contributed by atoms with Gasteiger partial charge in [-0.2, -0.15) is 0 Å². The fraction of sp³-hybridized carbons (Fsp3) is 0.583. The van der Waals surface area contributed by atoms with Crippen LogP contribution in [0.25, 0.3) is 0 Å². The van der Waals surface area contributed by atoms with Crippen molar-refractivity contribution in [2.75, 3.05) is 19.8 Å². The summed E-state index contributed by atoms with van der Waals surface area (Å²) in [6, 6.07) is 12.6. The number of epoxide rings is 1. The van der Waals surface area contributed by atoms with E-state index in [9.17, 15) is 5.11 Å². The van der Waals surface area contributed by atoms with Crippen LogP contribution in [0.1, 0.15) is 122 Å². The maximum atomic E-state index is 9.55. The van der Waals surface area contributed by atoms with Crippen LogP contribution in [-0.4, -0.2) is 45.0 Å². The van der Waals surface area contributed by atoms with Crippen LogP contribution >= 0.6 is 34.8 Å². The van der Waals surface area contributed by atoms with Crippen molar-refractivity contribution in [2.24, 2.45) is 0 Å². The van der Waals surface area contributed by atoms with Gasteiger partial charge in [-0.1, -0.05) is 150 Å². The highest BCUT2D eigenvalue weighted by Crippen LogP contribution is 2.24. The van der Waals surface area contributed by atoms with Crippen LogP contribution in [-0.2, 0) is 16.8 Å². The topological polar surface area (TPSA) is 91.7 Å². The lowest BCUT2D eigenvalue weighted by atomic mass is 10.0. The molecule has 4 rings (SSSR count). The molecule has 0 saturated carbocycles. The summed E-state index contributed by atoms with van der Waals surface area (Å²) < 4.78 is 4.50. The van der Waals surface area contributed by atoms with Gasteiger partial charge in [0.2, 0.25) is 0 Å². The maximum absolute atomic E-state index is 9.55. The molecule has 45 heavy (non-hydrogen) atoms. The molecule has 1 aliphatic heterocycles. The van der Waals surface area contributed by atoms with Gasteiger partial charge >= 0.3 is 0 Å². The zero-order valence-electron chi connectivity index (χ0n) is 31.4. The second kappa shape index (κ2) is 51.8. The molecular weight excluding hydrogens is 629 g/mol. The first-order chi connectivity index (χ1) is 21.8. The van der Waals surface area contributed by atoms with Gasteiger partial charge in [0.05, 0.1) is 18.8 Å². The van der Waals surface area contributed by atoms with Crippen molar-refractivity contribution in [3.63, 3.8) is 0 Å². The number of nitrogens with zero attached hydrogens (tertiary/aromatic N) is 3. The third-order valence-corrected chi connectivity index (χ3v) is 4.33. The van der Waals surface area contributed by atoms with Gasteiger partial charge in [-0.25, -0.2) is 15.0 Å². The Bertz CT molecular complexity index is 879. The zero-order chi connectivity index (χ0) is 37.1. The molecule has 0 spiro atoms. The summed E-state index contributed by atoms with van der Waals surface area (Å²) in [5, 5.41) is 19.5. The lowest BCUT2D eigenvalue weighted by Gasteiger charge is -2.17. The van der Waals surface area contributed by atoms with Crippen LogP contribution in [0.15, 0.2) is 61.1 Å². The quantitative estimate of drug-likeness (QED) is 0.209. The molecule has 0 unspecified atom stereocenters. The smallest absolute Gasteiger partial charge is 0.135 e. The molecular formula is C36H68Cl3N3O3. The van der Waals surface area contributed by atoms with Gasteiger partial charge in [-0.15, -0.1) is 0 Å². The number of aromatic nitrogens is 3. The molecule has 0 bridgehead atoms. The highest BCUT2D eigenvalue weighted by atomic mass is 35.5. The van der Waals surface area contributed by atoms with E-state index < -0.39 is 5.60 Å². The summed E-state index contributed by atoms with van der Waals surface area (Å²) in [6.45, 7) is 33.5. The Kier molecular flexibility index (Phi) is 67.5. The fourth-order valence-electron chi connectivity index (χ4n) is 1.91. The van der Waals surface area contributed by atoms with Gasteiger partial charge in [-0.05, 0) is 50.1 Å².